The minimum absolute atomic E-state index is 0.437. The molecule has 14 heavy (non-hydrogen) atoms. The van der Waals surface area contributed by atoms with E-state index in [-0.39, 0.29) is 0 Å². The molecule has 0 spiro atoms. The highest BCUT2D eigenvalue weighted by Gasteiger charge is 2.05. The Kier molecular flexibility index (Phi) is 3.91. The summed E-state index contributed by atoms with van der Waals surface area (Å²) in [6, 6.07) is 7.86. The van der Waals surface area contributed by atoms with Gasteiger partial charge in [-0.15, -0.1) is 18.2 Å². The van der Waals surface area contributed by atoms with Crippen LogP contribution in [0.4, 0.5) is 5.69 Å². The van der Waals surface area contributed by atoms with Crippen molar-refractivity contribution in [3.63, 3.8) is 0 Å². The molecular formula is C11H10N2S. The Balaban J connectivity index is 3.05. The number of benzene rings is 1. The van der Waals surface area contributed by atoms with Crippen molar-refractivity contribution in [1.29, 1.82) is 5.26 Å². The van der Waals surface area contributed by atoms with Gasteiger partial charge in [-0.05, 0) is 18.4 Å². The standard InChI is InChI=1S/C11H10N2S/c1-3-7-13-10-5-4-6-11(14-2)9(10)8-12/h1,4-6,13H,7H2,2H3. The summed E-state index contributed by atoms with van der Waals surface area (Å²) in [6.07, 6.45) is 7.08. The van der Waals surface area contributed by atoms with Gasteiger partial charge in [-0.3, -0.25) is 0 Å². The third-order valence-corrected chi connectivity index (χ3v) is 2.52. The quantitative estimate of drug-likeness (QED) is 0.603. The summed E-state index contributed by atoms with van der Waals surface area (Å²) in [6.45, 7) is 0.437. The Labute approximate surface area is 88.3 Å². The summed E-state index contributed by atoms with van der Waals surface area (Å²) >= 11 is 1.55. The fraction of sp³-hybridized carbons (Fsp3) is 0.182. The zero-order valence-electron chi connectivity index (χ0n) is 7.87. The Bertz CT molecular complexity index is 399. The molecule has 1 aromatic rings. The van der Waals surface area contributed by atoms with Gasteiger partial charge in [0.15, 0.2) is 0 Å². The van der Waals surface area contributed by atoms with E-state index in [0.717, 1.165) is 10.6 Å². The van der Waals surface area contributed by atoms with Crippen LogP contribution in [0.15, 0.2) is 23.1 Å². The lowest BCUT2D eigenvalue weighted by Gasteiger charge is -2.07. The Morgan fingerprint density at radius 3 is 2.93 bits per heavy atom. The largest absolute Gasteiger partial charge is 0.373 e. The van der Waals surface area contributed by atoms with E-state index in [1.165, 1.54) is 0 Å². The molecule has 0 aliphatic carbocycles. The van der Waals surface area contributed by atoms with Gasteiger partial charge in [0.25, 0.3) is 0 Å². The second-order valence-corrected chi connectivity index (χ2v) is 3.40. The first-order valence-corrected chi connectivity index (χ1v) is 5.30. The second kappa shape index (κ2) is 5.21. The highest BCUT2D eigenvalue weighted by molar-refractivity contribution is 7.98. The van der Waals surface area contributed by atoms with Crippen LogP contribution in [-0.2, 0) is 0 Å². The maximum atomic E-state index is 8.97. The van der Waals surface area contributed by atoms with Crippen molar-refractivity contribution in [1.82, 2.24) is 0 Å². The molecule has 0 unspecified atom stereocenters. The van der Waals surface area contributed by atoms with Crippen molar-refractivity contribution >= 4 is 17.4 Å². The highest BCUT2D eigenvalue weighted by Crippen LogP contribution is 2.25. The molecule has 1 N–H and O–H groups in total. The first-order valence-electron chi connectivity index (χ1n) is 4.08. The summed E-state index contributed by atoms with van der Waals surface area (Å²) in [5.41, 5.74) is 1.47. The number of thioether (sulfide) groups is 1. The monoisotopic (exact) mass is 202 g/mol. The molecule has 0 radical (unpaired) electrons. The molecule has 0 saturated heterocycles. The maximum Gasteiger partial charge on any atom is 0.102 e. The van der Waals surface area contributed by atoms with Crippen LogP contribution in [0.2, 0.25) is 0 Å². The summed E-state index contributed by atoms with van der Waals surface area (Å²) < 4.78 is 0. The molecule has 0 saturated carbocycles. The zero-order chi connectivity index (χ0) is 10.4. The van der Waals surface area contributed by atoms with Crippen molar-refractivity contribution in [2.24, 2.45) is 0 Å². The minimum Gasteiger partial charge on any atom is -0.373 e. The number of nitrogens with zero attached hydrogens (tertiary/aromatic N) is 1. The average molecular weight is 202 g/mol. The number of hydrogen-bond donors (Lipinski definition) is 1. The van der Waals surface area contributed by atoms with Crippen molar-refractivity contribution in [3.8, 4) is 18.4 Å². The molecule has 0 bridgehead atoms. The van der Waals surface area contributed by atoms with Crippen LogP contribution in [0.1, 0.15) is 5.56 Å². The zero-order valence-corrected chi connectivity index (χ0v) is 8.69. The SMILES string of the molecule is C#CCNc1cccc(SC)c1C#N. The van der Waals surface area contributed by atoms with Crippen LogP contribution in [0, 0.1) is 23.7 Å². The lowest BCUT2D eigenvalue weighted by atomic mass is 10.2. The topological polar surface area (TPSA) is 35.8 Å². The molecule has 0 atom stereocenters. The van der Waals surface area contributed by atoms with Gasteiger partial charge in [0.2, 0.25) is 0 Å². The van der Waals surface area contributed by atoms with E-state index < -0.39 is 0 Å². The smallest absolute Gasteiger partial charge is 0.102 e. The molecule has 0 aliphatic heterocycles. The molecular weight excluding hydrogens is 192 g/mol. The second-order valence-electron chi connectivity index (χ2n) is 2.55. The molecule has 1 rings (SSSR count). The Morgan fingerprint density at radius 1 is 1.57 bits per heavy atom. The van der Waals surface area contributed by atoms with Crippen molar-refractivity contribution in [2.75, 3.05) is 18.1 Å². The summed E-state index contributed by atoms with van der Waals surface area (Å²) in [4.78, 5) is 0.967. The number of rotatable bonds is 3. The van der Waals surface area contributed by atoms with Gasteiger partial charge >= 0.3 is 0 Å². The van der Waals surface area contributed by atoms with Crippen LogP contribution in [-0.4, -0.2) is 12.8 Å². The Hall–Kier alpha value is -1.58. The van der Waals surface area contributed by atoms with Crippen molar-refractivity contribution in [3.05, 3.63) is 23.8 Å². The molecule has 0 aliphatic rings. The molecule has 70 valence electrons. The van der Waals surface area contributed by atoms with E-state index in [4.69, 9.17) is 11.7 Å². The lowest BCUT2D eigenvalue weighted by Crippen LogP contribution is -2.01. The fourth-order valence-electron chi connectivity index (χ4n) is 1.11. The minimum atomic E-state index is 0.437. The van der Waals surface area contributed by atoms with E-state index in [0.29, 0.717) is 12.1 Å². The fourth-order valence-corrected chi connectivity index (χ4v) is 1.68. The van der Waals surface area contributed by atoms with Crippen LogP contribution in [0.5, 0.6) is 0 Å². The molecule has 0 fully saturated rings. The van der Waals surface area contributed by atoms with E-state index in [9.17, 15) is 0 Å². The number of hydrogen-bond acceptors (Lipinski definition) is 3. The predicted octanol–water partition coefficient (Wildman–Crippen LogP) is 2.33. The molecule has 1 aromatic carbocycles. The third kappa shape index (κ3) is 2.22. The summed E-state index contributed by atoms with van der Waals surface area (Å²) in [5, 5.41) is 12.0. The highest BCUT2D eigenvalue weighted by atomic mass is 32.2. The van der Waals surface area contributed by atoms with Gasteiger partial charge in [0, 0.05) is 4.90 Å². The third-order valence-electron chi connectivity index (χ3n) is 1.74. The normalized spacial score (nSPS) is 8.79. The number of nitrogens with one attached hydrogen (secondary N) is 1. The van der Waals surface area contributed by atoms with Gasteiger partial charge in [0.05, 0.1) is 17.8 Å². The van der Waals surface area contributed by atoms with Crippen LogP contribution >= 0.6 is 11.8 Å². The first kappa shape index (κ1) is 10.5. The molecule has 3 heteroatoms. The van der Waals surface area contributed by atoms with Crippen LogP contribution < -0.4 is 5.32 Å². The number of terminal acetylenes is 1. The number of anilines is 1. The van der Waals surface area contributed by atoms with E-state index in [2.05, 4.69) is 17.3 Å². The summed E-state index contributed by atoms with van der Waals surface area (Å²) in [5.74, 6) is 2.48. The predicted molar refractivity (Wildman–Crippen MR) is 60.3 cm³/mol. The lowest BCUT2D eigenvalue weighted by molar-refractivity contribution is 1.30. The van der Waals surface area contributed by atoms with E-state index >= 15 is 0 Å². The van der Waals surface area contributed by atoms with Crippen molar-refractivity contribution in [2.45, 2.75) is 4.90 Å². The van der Waals surface area contributed by atoms with E-state index in [1.807, 2.05) is 24.5 Å². The van der Waals surface area contributed by atoms with Crippen molar-refractivity contribution < 1.29 is 0 Å². The van der Waals surface area contributed by atoms with Crippen LogP contribution in [0.25, 0.3) is 0 Å². The molecule has 0 heterocycles. The molecule has 0 aromatic heterocycles. The van der Waals surface area contributed by atoms with Gasteiger partial charge in [-0.1, -0.05) is 12.0 Å². The summed E-state index contributed by atoms with van der Waals surface area (Å²) in [7, 11) is 0. The maximum absolute atomic E-state index is 8.97. The number of nitriles is 1. The Morgan fingerprint density at radius 2 is 2.36 bits per heavy atom. The van der Waals surface area contributed by atoms with Gasteiger partial charge in [0.1, 0.15) is 6.07 Å². The van der Waals surface area contributed by atoms with Gasteiger partial charge in [-0.2, -0.15) is 5.26 Å². The van der Waals surface area contributed by atoms with Gasteiger partial charge < -0.3 is 5.32 Å². The van der Waals surface area contributed by atoms with Crippen LogP contribution in [0.3, 0.4) is 0 Å². The first-order chi connectivity index (χ1) is 6.83. The molecule has 0 amide bonds. The van der Waals surface area contributed by atoms with Gasteiger partial charge in [-0.25, -0.2) is 0 Å². The molecule has 2 nitrogen and oxygen atoms in total. The van der Waals surface area contributed by atoms with E-state index in [1.54, 1.807) is 11.8 Å². The average Bonchev–Trinajstić information content (AvgIpc) is 2.25.